The zero-order valence-electron chi connectivity index (χ0n) is 29.3. The summed E-state index contributed by atoms with van der Waals surface area (Å²) >= 11 is 0. The third-order valence-electron chi connectivity index (χ3n) is 14.3. The zero-order valence-corrected chi connectivity index (χ0v) is 29.3. The van der Waals surface area contributed by atoms with Gasteiger partial charge < -0.3 is 55.1 Å². The second-order valence-corrected chi connectivity index (χ2v) is 17.0. The Morgan fingerprint density at radius 2 is 1.53 bits per heavy atom. The van der Waals surface area contributed by atoms with E-state index in [0.717, 1.165) is 32.1 Å². The van der Waals surface area contributed by atoms with Crippen molar-refractivity contribution in [2.45, 2.75) is 153 Å². The van der Waals surface area contributed by atoms with Crippen LogP contribution in [0.15, 0.2) is 0 Å². The molecule has 18 atom stereocenters. The van der Waals surface area contributed by atoms with Gasteiger partial charge in [0.15, 0.2) is 6.29 Å². The van der Waals surface area contributed by atoms with Gasteiger partial charge in [0.05, 0.1) is 43.2 Å². The fourth-order valence-electron chi connectivity index (χ4n) is 11.7. The molecule has 5 fully saturated rings. The monoisotopic (exact) mass is 672 g/mol. The molecule has 11 heteroatoms. The van der Waals surface area contributed by atoms with E-state index in [9.17, 15) is 40.9 Å². The number of ether oxygens (including phenoxy) is 3. The summed E-state index contributed by atoms with van der Waals surface area (Å²) in [6, 6.07) is 0. The molecule has 0 aromatic heterocycles. The summed E-state index contributed by atoms with van der Waals surface area (Å²) in [5, 5.41) is 88.0. The average molecular weight is 673 g/mol. The summed E-state index contributed by atoms with van der Waals surface area (Å²) in [4.78, 5) is 0. The fourth-order valence-corrected chi connectivity index (χ4v) is 11.7. The molecule has 4 saturated carbocycles. The minimum atomic E-state index is -1.30. The van der Waals surface area contributed by atoms with Crippen LogP contribution in [0.25, 0.3) is 0 Å². The van der Waals surface area contributed by atoms with Crippen LogP contribution >= 0.6 is 0 Å². The smallest absolute Gasteiger partial charge is 0.186 e. The van der Waals surface area contributed by atoms with E-state index in [2.05, 4.69) is 34.6 Å². The SMILES string of the molecule is CO[C@H](CO)[C@@H]1O[C@@H](OCC[C@@H](CC[C@@H](C)[C@H]2[C@@H](O)[C@H](O)[C@@H]3[C@]2(C)CC[C@@H]2[C@@]4(C)CC[C@H](O)C[C@@H]4[C@@H](O)C[C@]23O)C(C)C)[C@H](O)[C@H]1O. The molecule has 1 saturated heterocycles. The second kappa shape index (κ2) is 14.3. The lowest BCUT2D eigenvalue weighted by Crippen LogP contribution is -2.68. The lowest BCUT2D eigenvalue weighted by Gasteiger charge is -2.65. The first kappa shape index (κ1) is 37.8. The number of hydrogen-bond donors (Lipinski definition) is 8. The molecule has 0 unspecified atom stereocenters. The van der Waals surface area contributed by atoms with Crippen LogP contribution in [0.1, 0.15) is 92.4 Å². The second-order valence-electron chi connectivity index (χ2n) is 17.0. The molecule has 1 heterocycles. The highest BCUT2D eigenvalue weighted by Gasteiger charge is 2.72. The molecule has 0 aromatic rings. The highest BCUT2D eigenvalue weighted by Crippen LogP contribution is 2.69. The molecule has 0 bridgehead atoms. The molecule has 274 valence electrons. The molecule has 4 aliphatic carbocycles. The van der Waals surface area contributed by atoms with Crippen LogP contribution in [-0.4, -0.2) is 122 Å². The van der Waals surface area contributed by atoms with Crippen molar-refractivity contribution in [3.63, 3.8) is 0 Å². The van der Waals surface area contributed by atoms with E-state index in [0.29, 0.717) is 31.8 Å². The van der Waals surface area contributed by atoms with E-state index < -0.39 is 72.1 Å². The molecule has 47 heavy (non-hydrogen) atoms. The number of methoxy groups -OCH3 is 1. The summed E-state index contributed by atoms with van der Waals surface area (Å²) in [5.41, 5.74) is -2.14. The van der Waals surface area contributed by atoms with Crippen molar-refractivity contribution in [3.8, 4) is 0 Å². The van der Waals surface area contributed by atoms with Gasteiger partial charge in [-0.3, -0.25) is 0 Å². The Hall–Kier alpha value is -0.440. The number of aliphatic hydroxyl groups excluding tert-OH is 7. The van der Waals surface area contributed by atoms with Gasteiger partial charge in [-0.1, -0.05) is 41.0 Å². The van der Waals surface area contributed by atoms with E-state index in [4.69, 9.17) is 14.2 Å². The first-order valence-electron chi connectivity index (χ1n) is 18.3. The van der Waals surface area contributed by atoms with Crippen LogP contribution in [0, 0.1) is 52.3 Å². The summed E-state index contributed by atoms with van der Waals surface area (Å²) in [6.45, 7) is 10.7. The van der Waals surface area contributed by atoms with Gasteiger partial charge in [-0.25, -0.2) is 0 Å². The van der Waals surface area contributed by atoms with Crippen LogP contribution in [0.4, 0.5) is 0 Å². The van der Waals surface area contributed by atoms with Gasteiger partial charge in [0.25, 0.3) is 0 Å². The lowest BCUT2D eigenvalue weighted by atomic mass is 9.42. The Bertz CT molecular complexity index is 1040. The summed E-state index contributed by atoms with van der Waals surface area (Å²) in [5.74, 6) is -0.278. The van der Waals surface area contributed by atoms with E-state index in [1.54, 1.807) is 0 Å². The molecule has 1 aliphatic heterocycles. The van der Waals surface area contributed by atoms with Gasteiger partial charge in [-0.05, 0) is 91.3 Å². The maximum absolute atomic E-state index is 12.6. The van der Waals surface area contributed by atoms with Gasteiger partial charge >= 0.3 is 0 Å². The third kappa shape index (κ3) is 6.47. The van der Waals surface area contributed by atoms with Crippen LogP contribution in [0.2, 0.25) is 0 Å². The predicted octanol–water partition coefficient (Wildman–Crippen LogP) is 1.58. The molecule has 0 amide bonds. The highest BCUT2D eigenvalue weighted by atomic mass is 16.7. The summed E-state index contributed by atoms with van der Waals surface area (Å²) in [6.07, 6.45) is -2.43. The van der Waals surface area contributed by atoms with Gasteiger partial charge in [0, 0.05) is 19.4 Å². The topological polar surface area (TPSA) is 190 Å². The third-order valence-corrected chi connectivity index (χ3v) is 14.3. The predicted molar refractivity (Wildman–Crippen MR) is 173 cm³/mol. The molecule has 0 spiro atoms. The standard InChI is InChI=1S/C36H64O11/c1-18(2)20(11-14-46-33-30(43)28(41)31(47-33)24(17-37)45-6)8-7-19(3)26-27(40)29(42)32-35(26,5)13-10-25-34(4)12-9-21(38)15-22(34)23(39)16-36(25,32)44/h18-33,37-44H,7-17H2,1-6H3/t19-,20-,21+,22-,23+,24-,25-,26+,27-,28-,29+,30-,31+,32-,33-,34+,35-,36+/m1/s1. The van der Waals surface area contributed by atoms with Crippen LogP contribution in [0.3, 0.4) is 0 Å². The van der Waals surface area contributed by atoms with Crippen LogP contribution < -0.4 is 0 Å². The maximum Gasteiger partial charge on any atom is 0.186 e. The Balaban J connectivity index is 1.23. The van der Waals surface area contributed by atoms with Crippen LogP contribution in [0.5, 0.6) is 0 Å². The van der Waals surface area contributed by atoms with E-state index in [-0.39, 0.29) is 48.0 Å². The van der Waals surface area contributed by atoms with Crippen molar-refractivity contribution in [2.75, 3.05) is 20.3 Å². The molecular weight excluding hydrogens is 608 g/mol. The summed E-state index contributed by atoms with van der Waals surface area (Å²) < 4.78 is 16.8. The highest BCUT2D eigenvalue weighted by molar-refractivity contribution is 5.21. The summed E-state index contributed by atoms with van der Waals surface area (Å²) in [7, 11) is 1.41. The Labute approximate surface area is 280 Å². The normalized spacial score (nSPS) is 50.1. The van der Waals surface area contributed by atoms with Crippen LogP contribution in [-0.2, 0) is 14.2 Å². The van der Waals surface area contributed by atoms with Crippen molar-refractivity contribution in [1.29, 1.82) is 0 Å². The average Bonchev–Trinajstić information content (AvgIpc) is 3.40. The maximum atomic E-state index is 12.6. The Morgan fingerprint density at radius 3 is 2.17 bits per heavy atom. The van der Waals surface area contributed by atoms with Crippen molar-refractivity contribution in [2.24, 2.45) is 52.3 Å². The molecule has 0 aromatic carbocycles. The molecule has 11 nitrogen and oxygen atoms in total. The van der Waals surface area contributed by atoms with E-state index in [1.807, 2.05) is 0 Å². The minimum Gasteiger partial charge on any atom is -0.394 e. The molecule has 5 aliphatic rings. The number of fused-ring (bicyclic) bond motifs is 5. The first-order chi connectivity index (χ1) is 22.0. The van der Waals surface area contributed by atoms with Crippen molar-refractivity contribution in [1.82, 2.24) is 0 Å². The first-order valence-corrected chi connectivity index (χ1v) is 18.3. The molecule has 5 rings (SSSR count). The molecule has 8 N–H and O–H groups in total. The van der Waals surface area contributed by atoms with Crippen molar-refractivity contribution in [3.05, 3.63) is 0 Å². The zero-order chi connectivity index (χ0) is 34.6. The van der Waals surface area contributed by atoms with Crippen molar-refractivity contribution < 1.29 is 55.1 Å². The van der Waals surface area contributed by atoms with Crippen molar-refractivity contribution >= 4 is 0 Å². The number of aliphatic hydroxyl groups is 8. The van der Waals surface area contributed by atoms with E-state index in [1.165, 1.54) is 7.11 Å². The molecular formula is C36H64O11. The number of rotatable bonds is 12. The number of hydrogen-bond acceptors (Lipinski definition) is 11. The quantitative estimate of drug-likeness (QED) is 0.150. The Kier molecular flexibility index (Phi) is 11.5. The minimum absolute atomic E-state index is 0.0685. The fraction of sp³-hybridized carbons (Fsp3) is 1.00. The van der Waals surface area contributed by atoms with Gasteiger partial charge in [0.2, 0.25) is 0 Å². The van der Waals surface area contributed by atoms with Gasteiger partial charge in [0.1, 0.15) is 24.4 Å². The van der Waals surface area contributed by atoms with Gasteiger partial charge in [-0.2, -0.15) is 0 Å². The molecule has 0 radical (unpaired) electrons. The Morgan fingerprint density at radius 1 is 0.851 bits per heavy atom. The lowest BCUT2D eigenvalue weighted by molar-refractivity contribution is -0.264. The van der Waals surface area contributed by atoms with E-state index >= 15 is 0 Å². The largest absolute Gasteiger partial charge is 0.394 e. The van der Waals surface area contributed by atoms with Gasteiger partial charge in [-0.15, -0.1) is 0 Å².